The Kier molecular flexibility index (Phi) is 5.54. The smallest absolute Gasteiger partial charge is 0.251 e. The summed E-state index contributed by atoms with van der Waals surface area (Å²) in [7, 11) is 0. The number of hydrogen-bond donors (Lipinski definition) is 2. The summed E-state index contributed by atoms with van der Waals surface area (Å²) in [6.07, 6.45) is 0. The molecule has 0 aliphatic rings. The van der Waals surface area contributed by atoms with Crippen molar-refractivity contribution in [3.05, 3.63) is 89.8 Å². The minimum absolute atomic E-state index is 0.108. The van der Waals surface area contributed by atoms with Gasteiger partial charge in [-0.1, -0.05) is 18.2 Å². The topological polar surface area (TPSA) is 67.4 Å². The molecule has 1 aromatic heterocycles. The van der Waals surface area contributed by atoms with Crippen molar-refractivity contribution in [3.63, 3.8) is 0 Å². The first-order valence-corrected chi connectivity index (χ1v) is 9.94. The lowest BCUT2D eigenvalue weighted by Gasteiger charge is -2.09. The second kappa shape index (κ2) is 8.58. The van der Waals surface area contributed by atoms with E-state index >= 15 is 0 Å². The van der Waals surface area contributed by atoms with Gasteiger partial charge in [-0.05, 0) is 71.4 Å². The lowest BCUT2D eigenvalue weighted by atomic mass is 10.1. The van der Waals surface area contributed by atoms with Gasteiger partial charge >= 0.3 is 0 Å². The molecule has 0 unspecified atom stereocenters. The molecule has 0 bridgehead atoms. The van der Waals surface area contributed by atoms with Crippen molar-refractivity contribution < 1.29 is 14.3 Å². The van der Waals surface area contributed by atoms with Crippen molar-refractivity contribution in [2.24, 2.45) is 0 Å². The number of nitrogens with one attached hydrogen (secondary N) is 2. The van der Waals surface area contributed by atoms with Gasteiger partial charge in [0.2, 0.25) is 5.91 Å². The average Bonchev–Trinajstić information content (AvgIpc) is 3.22. The molecule has 0 radical (unpaired) electrons. The Morgan fingerprint density at radius 2 is 1.62 bits per heavy atom. The molecule has 1 heterocycles. The number of fused-ring (bicyclic) bond motifs is 1. The van der Waals surface area contributed by atoms with E-state index in [4.69, 9.17) is 4.74 Å². The molecular weight excluding hydrogens is 384 g/mol. The molecule has 2 amide bonds. The summed E-state index contributed by atoms with van der Waals surface area (Å²) in [4.78, 5) is 24.4. The third-order valence-electron chi connectivity index (χ3n) is 4.24. The molecule has 2 N–H and O–H groups in total. The number of amides is 2. The van der Waals surface area contributed by atoms with Crippen LogP contribution >= 0.6 is 11.3 Å². The van der Waals surface area contributed by atoms with E-state index in [2.05, 4.69) is 10.6 Å². The maximum Gasteiger partial charge on any atom is 0.251 e. The Labute approximate surface area is 171 Å². The predicted molar refractivity (Wildman–Crippen MR) is 116 cm³/mol. The van der Waals surface area contributed by atoms with Crippen LogP contribution < -0.4 is 15.4 Å². The van der Waals surface area contributed by atoms with E-state index < -0.39 is 0 Å². The van der Waals surface area contributed by atoms with Crippen LogP contribution in [0.25, 0.3) is 10.1 Å². The molecule has 4 aromatic rings. The van der Waals surface area contributed by atoms with Crippen molar-refractivity contribution in [2.75, 3.05) is 11.9 Å². The standard InChI is InChI=1S/C23H18N2O3S/c26-22(15-24-23(27)17-6-11-21-16(14-17)12-13-29-21)25-18-7-9-20(10-8-18)28-19-4-2-1-3-5-19/h1-14H,15H2,(H,24,27)(H,25,26). The molecule has 0 saturated carbocycles. The number of thiophene rings is 1. The Hall–Kier alpha value is -3.64. The number of anilines is 1. The van der Waals surface area contributed by atoms with Crippen LogP contribution in [-0.2, 0) is 4.79 Å². The maximum atomic E-state index is 12.3. The fourth-order valence-electron chi connectivity index (χ4n) is 2.81. The van der Waals surface area contributed by atoms with Crippen LogP contribution in [0, 0.1) is 0 Å². The van der Waals surface area contributed by atoms with E-state index in [1.807, 2.05) is 53.9 Å². The lowest BCUT2D eigenvalue weighted by Crippen LogP contribution is -2.32. The molecule has 144 valence electrons. The third kappa shape index (κ3) is 4.80. The fourth-order valence-corrected chi connectivity index (χ4v) is 3.58. The van der Waals surface area contributed by atoms with Gasteiger partial charge in [-0.15, -0.1) is 11.3 Å². The van der Waals surface area contributed by atoms with Gasteiger partial charge in [-0.2, -0.15) is 0 Å². The largest absolute Gasteiger partial charge is 0.457 e. The van der Waals surface area contributed by atoms with Gasteiger partial charge in [0.1, 0.15) is 11.5 Å². The number of carbonyl (C=O) groups excluding carboxylic acids is 2. The Bertz CT molecular complexity index is 1140. The number of benzene rings is 3. The highest BCUT2D eigenvalue weighted by molar-refractivity contribution is 7.17. The second-order valence-electron chi connectivity index (χ2n) is 6.34. The van der Waals surface area contributed by atoms with Crippen molar-refractivity contribution in [1.82, 2.24) is 5.32 Å². The van der Waals surface area contributed by atoms with Gasteiger partial charge in [-0.25, -0.2) is 0 Å². The zero-order chi connectivity index (χ0) is 20.1. The van der Waals surface area contributed by atoms with Crippen molar-refractivity contribution in [1.29, 1.82) is 0 Å². The first kappa shape index (κ1) is 18.7. The van der Waals surface area contributed by atoms with E-state index in [0.29, 0.717) is 17.0 Å². The van der Waals surface area contributed by atoms with Gasteiger partial charge in [0.25, 0.3) is 5.91 Å². The Balaban J connectivity index is 1.29. The molecule has 5 nitrogen and oxygen atoms in total. The summed E-state index contributed by atoms with van der Waals surface area (Å²) in [5.41, 5.74) is 1.16. The van der Waals surface area contributed by atoms with Crippen LogP contribution in [0.2, 0.25) is 0 Å². The summed E-state index contributed by atoms with van der Waals surface area (Å²) in [6, 6.07) is 24.0. The van der Waals surface area contributed by atoms with E-state index in [9.17, 15) is 9.59 Å². The van der Waals surface area contributed by atoms with Gasteiger partial charge in [-0.3, -0.25) is 9.59 Å². The normalized spacial score (nSPS) is 10.5. The number of para-hydroxylation sites is 1. The highest BCUT2D eigenvalue weighted by Gasteiger charge is 2.09. The summed E-state index contributed by atoms with van der Waals surface area (Å²) in [6.45, 7) is -0.108. The van der Waals surface area contributed by atoms with Crippen molar-refractivity contribution in [3.8, 4) is 11.5 Å². The van der Waals surface area contributed by atoms with Gasteiger partial charge in [0.05, 0.1) is 6.54 Å². The minimum Gasteiger partial charge on any atom is -0.457 e. The summed E-state index contributed by atoms with van der Waals surface area (Å²) in [5, 5.41) is 8.41. The summed E-state index contributed by atoms with van der Waals surface area (Å²) in [5.74, 6) is 0.838. The quantitative estimate of drug-likeness (QED) is 0.474. The van der Waals surface area contributed by atoms with Gasteiger partial charge in [0.15, 0.2) is 0 Å². The number of rotatable bonds is 6. The predicted octanol–water partition coefficient (Wildman–Crippen LogP) is 5.06. The first-order chi connectivity index (χ1) is 14.2. The Morgan fingerprint density at radius 1 is 0.862 bits per heavy atom. The van der Waals surface area contributed by atoms with Gasteiger partial charge in [0, 0.05) is 16.0 Å². The molecule has 4 rings (SSSR count). The van der Waals surface area contributed by atoms with Crippen LogP contribution in [0.3, 0.4) is 0 Å². The van der Waals surface area contributed by atoms with Crippen molar-refractivity contribution in [2.45, 2.75) is 0 Å². The van der Waals surface area contributed by atoms with Crippen LogP contribution in [0.5, 0.6) is 11.5 Å². The van der Waals surface area contributed by atoms with E-state index in [0.717, 1.165) is 15.8 Å². The van der Waals surface area contributed by atoms with Crippen LogP contribution in [0.1, 0.15) is 10.4 Å². The van der Waals surface area contributed by atoms with E-state index in [1.165, 1.54) is 0 Å². The second-order valence-corrected chi connectivity index (χ2v) is 7.29. The van der Waals surface area contributed by atoms with Gasteiger partial charge < -0.3 is 15.4 Å². The third-order valence-corrected chi connectivity index (χ3v) is 5.14. The molecule has 3 aromatic carbocycles. The Morgan fingerprint density at radius 3 is 2.41 bits per heavy atom. The molecule has 0 spiro atoms. The number of ether oxygens (including phenoxy) is 1. The summed E-state index contributed by atoms with van der Waals surface area (Å²) >= 11 is 1.62. The molecule has 0 aliphatic heterocycles. The maximum absolute atomic E-state index is 12.3. The molecule has 0 saturated heterocycles. The minimum atomic E-state index is -0.299. The lowest BCUT2D eigenvalue weighted by molar-refractivity contribution is -0.115. The zero-order valence-corrected chi connectivity index (χ0v) is 16.2. The molecule has 0 aliphatic carbocycles. The molecule has 0 fully saturated rings. The highest BCUT2D eigenvalue weighted by Crippen LogP contribution is 2.23. The highest BCUT2D eigenvalue weighted by atomic mass is 32.1. The molecule has 0 atom stereocenters. The van der Waals surface area contributed by atoms with Crippen LogP contribution in [0.4, 0.5) is 5.69 Å². The summed E-state index contributed by atoms with van der Waals surface area (Å²) < 4.78 is 6.85. The van der Waals surface area contributed by atoms with Crippen molar-refractivity contribution >= 4 is 38.9 Å². The average molecular weight is 402 g/mol. The number of carbonyl (C=O) groups is 2. The SMILES string of the molecule is O=C(CNC(=O)c1ccc2sccc2c1)Nc1ccc(Oc2ccccc2)cc1. The monoisotopic (exact) mass is 402 g/mol. The zero-order valence-electron chi connectivity index (χ0n) is 15.4. The first-order valence-electron chi connectivity index (χ1n) is 9.06. The van der Waals surface area contributed by atoms with Crippen LogP contribution in [0.15, 0.2) is 84.2 Å². The fraction of sp³-hybridized carbons (Fsp3) is 0.0435. The van der Waals surface area contributed by atoms with Crippen LogP contribution in [-0.4, -0.2) is 18.4 Å². The molecule has 29 heavy (non-hydrogen) atoms. The molecular formula is C23H18N2O3S. The van der Waals surface area contributed by atoms with E-state index in [-0.39, 0.29) is 18.4 Å². The van der Waals surface area contributed by atoms with E-state index in [1.54, 1.807) is 41.7 Å². The molecule has 6 heteroatoms. The number of hydrogen-bond acceptors (Lipinski definition) is 4.